The quantitative estimate of drug-likeness (QED) is 0.835. The van der Waals surface area contributed by atoms with Crippen LogP contribution in [0.2, 0.25) is 0 Å². The van der Waals surface area contributed by atoms with Crippen LogP contribution in [-0.2, 0) is 4.79 Å². The molecule has 23 heavy (non-hydrogen) atoms. The summed E-state index contributed by atoms with van der Waals surface area (Å²) in [6, 6.07) is 3.85. The molecule has 0 radical (unpaired) electrons. The molecule has 0 saturated carbocycles. The Morgan fingerprint density at radius 3 is 2.57 bits per heavy atom. The largest absolute Gasteiger partial charge is 0.324 e. The normalized spacial score (nSPS) is 15.1. The summed E-state index contributed by atoms with van der Waals surface area (Å²) in [6.45, 7) is 8.65. The van der Waals surface area contributed by atoms with Crippen LogP contribution in [0, 0.1) is 5.82 Å². The molecule has 1 aromatic rings. The van der Waals surface area contributed by atoms with E-state index in [1.54, 1.807) is 4.90 Å². The highest BCUT2D eigenvalue weighted by Crippen LogP contribution is 2.20. The molecule has 7 heteroatoms. The van der Waals surface area contributed by atoms with E-state index < -0.39 is 5.82 Å². The van der Waals surface area contributed by atoms with Gasteiger partial charge >= 0.3 is 6.03 Å². The smallest absolute Gasteiger partial charge is 0.321 e. The van der Waals surface area contributed by atoms with Gasteiger partial charge < -0.3 is 15.5 Å². The summed E-state index contributed by atoms with van der Waals surface area (Å²) in [7, 11) is 0. The number of piperazine rings is 1. The van der Waals surface area contributed by atoms with Gasteiger partial charge in [-0.2, -0.15) is 0 Å². The second-order valence-electron chi connectivity index (χ2n) is 5.38. The number of hydrogen-bond donors (Lipinski definition) is 2. The molecule has 3 amide bonds. The van der Waals surface area contributed by atoms with Crippen molar-refractivity contribution in [3.8, 4) is 0 Å². The van der Waals surface area contributed by atoms with Crippen molar-refractivity contribution in [1.29, 1.82) is 0 Å². The van der Waals surface area contributed by atoms with Gasteiger partial charge in [0.2, 0.25) is 5.91 Å². The fourth-order valence-corrected chi connectivity index (χ4v) is 2.41. The van der Waals surface area contributed by atoms with Crippen molar-refractivity contribution in [2.75, 3.05) is 43.4 Å². The molecule has 2 N–H and O–H groups in total. The lowest BCUT2D eigenvalue weighted by Crippen LogP contribution is -2.49. The highest BCUT2D eigenvalue weighted by Gasteiger charge is 2.20. The highest BCUT2D eigenvalue weighted by atomic mass is 19.1. The molecule has 2 rings (SSSR count). The van der Waals surface area contributed by atoms with Crippen LogP contribution in [0.1, 0.15) is 6.92 Å². The molecular formula is C16H21FN4O2. The SMILES string of the molecule is C=CCN1CCN(C(=O)Nc2ccc(F)c(NC(C)=O)c2)CC1. The predicted octanol–water partition coefficient (Wildman–Crippen LogP) is 2.12. The zero-order valence-electron chi connectivity index (χ0n) is 13.1. The van der Waals surface area contributed by atoms with Gasteiger partial charge in [-0.15, -0.1) is 6.58 Å². The maximum absolute atomic E-state index is 13.6. The van der Waals surface area contributed by atoms with E-state index in [2.05, 4.69) is 22.1 Å². The van der Waals surface area contributed by atoms with E-state index in [0.717, 1.165) is 19.6 Å². The van der Waals surface area contributed by atoms with Gasteiger partial charge in [-0.05, 0) is 18.2 Å². The van der Waals surface area contributed by atoms with Crippen LogP contribution in [0.3, 0.4) is 0 Å². The Morgan fingerprint density at radius 1 is 1.26 bits per heavy atom. The number of benzene rings is 1. The van der Waals surface area contributed by atoms with E-state index in [0.29, 0.717) is 18.8 Å². The summed E-state index contributed by atoms with van der Waals surface area (Å²) in [5.74, 6) is -0.915. The summed E-state index contributed by atoms with van der Waals surface area (Å²) in [5, 5.41) is 5.12. The van der Waals surface area contributed by atoms with Gasteiger partial charge in [0.1, 0.15) is 5.82 Å². The van der Waals surface area contributed by atoms with E-state index >= 15 is 0 Å². The number of anilines is 2. The number of nitrogens with zero attached hydrogens (tertiary/aromatic N) is 2. The van der Waals surface area contributed by atoms with Crippen molar-refractivity contribution >= 4 is 23.3 Å². The zero-order chi connectivity index (χ0) is 16.8. The summed E-state index contributed by atoms with van der Waals surface area (Å²) >= 11 is 0. The fourth-order valence-electron chi connectivity index (χ4n) is 2.41. The van der Waals surface area contributed by atoms with Crippen LogP contribution >= 0.6 is 0 Å². The average molecular weight is 320 g/mol. The van der Waals surface area contributed by atoms with E-state index in [1.165, 1.54) is 25.1 Å². The van der Waals surface area contributed by atoms with Crippen molar-refractivity contribution in [3.63, 3.8) is 0 Å². The van der Waals surface area contributed by atoms with E-state index in [-0.39, 0.29) is 17.6 Å². The second-order valence-corrected chi connectivity index (χ2v) is 5.38. The molecule has 1 aliphatic rings. The number of nitrogens with one attached hydrogen (secondary N) is 2. The Labute approximate surface area is 134 Å². The number of carbonyl (C=O) groups excluding carboxylic acids is 2. The Kier molecular flexibility index (Phi) is 5.70. The fraction of sp³-hybridized carbons (Fsp3) is 0.375. The lowest BCUT2D eigenvalue weighted by atomic mass is 10.2. The molecule has 1 saturated heterocycles. The van der Waals surface area contributed by atoms with Crippen LogP contribution in [0.5, 0.6) is 0 Å². The maximum Gasteiger partial charge on any atom is 0.321 e. The first-order valence-electron chi connectivity index (χ1n) is 7.46. The molecule has 6 nitrogen and oxygen atoms in total. The van der Waals surface area contributed by atoms with Gasteiger partial charge in [0.25, 0.3) is 0 Å². The van der Waals surface area contributed by atoms with E-state index in [1.807, 2.05) is 6.08 Å². The number of halogens is 1. The molecule has 1 fully saturated rings. The zero-order valence-corrected chi connectivity index (χ0v) is 13.1. The van der Waals surface area contributed by atoms with Gasteiger partial charge in [0, 0.05) is 45.3 Å². The van der Waals surface area contributed by atoms with E-state index in [4.69, 9.17) is 0 Å². The molecule has 1 heterocycles. The van der Waals surface area contributed by atoms with Gasteiger partial charge in [0.15, 0.2) is 0 Å². The Morgan fingerprint density at radius 2 is 1.96 bits per heavy atom. The van der Waals surface area contributed by atoms with Gasteiger partial charge in [-0.3, -0.25) is 9.69 Å². The minimum absolute atomic E-state index is 0.0473. The Hall–Kier alpha value is -2.41. The second kappa shape index (κ2) is 7.73. The lowest BCUT2D eigenvalue weighted by Gasteiger charge is -2.34. The number of rotatable bonds is 4. The molecule has 0 unspecified atom stereocenters. The first-order chi connectivity index (χ1) is 11.0. The molecule has 1 aliphatic heterocycles. The van der Waals surface area contributed by atoms with E-state index in [9.17, 15) is 14.0 Å². The Balaban J connectivity index is 1.95. The summed E-state index contributed by atoms with van der Waals surface area (Å²) in [5.41, 5.74) is 0.486. The number of carbonyl (C=O) groups is 2. The molecule has 124 valence electrons. The van der Waals surface area contributed by atoms with Crippen LogP contribution in [0.4, 0.5) is 20.6 Å². The highest BCUT2D eigenvalue weighted by molar-refractivity contribution is 5.92. The lowest BCUT2D eigenvalue weighted by molar-refractivity contribution is -0.114. The Bertz CT molecular complexity index is 598. The summed E-state index contributed by atoms with van der Waals surface area (Å²) in [6.07, 6.45) is 1.85. The molecule has 0 bridgehead atoms. The van der Waals surface area contributed by atoms with Crippen LogP contribution in [0.15, 0.2) is 30.9 Å². The van der Waals surface area contributed by atoms with Crippen molar-refractivity contribution in [2.45, 2.75) is 6.92 Å². The monoisotopic (exact) mass is 320 g/mol. The number of amides is 3. The van der Waals surface area contributed by atoms with Gasteiger partial charge in [0.05, 0.1) is 5.69 Å². The first-order valence-corrected chi connectivity index (χ1v) is 7.46. The average Bonchev–Trinajstić information content (AvgIpc) is 2.51. The molecule has 0 spiro atoms. The topological polar surface area (TPSA) is 64.7 Å². The number of hydrogen-bond acceptors (Lipinski definition) is 3. The molecule has 0 aromatic heterocycles. The van der Waals surface area contributed by atoms with Crippen LogP contribution < -0.4 is 10.6 Å². The van der Waals surface area contributed by atoms with Crippen molar-refractivity contribution in [3.05, 3.63) is 36.7 Å². The standard InChI is InChI=1S/C16H21FN4O2/c1-3-6-20-7-9-21(10-8-20)16(23)19-13-4-5-14(17)15(11-13)18-12(2)22/h3-5,11H,1,6-10H2,2H3,(H,18,22)(H,19,23). The van der Waals surface area contributed by atoms with Crippen LogP contribution in [0.25, 0.3) is 0 Å². The summed E-state index contributed by atoms with van der Waals surface area (Å²) < 4.78 is 13.6. The van der Waals surface area contributed by atoms with Crippen molar-refractivity contribution in [1.82, 2.24) is 9.80 Å². The van der Waals surface area contributed by atoms with Crippen molar-refractivity contribution in [2.24, 2.45) is 0 Å². The predicted molar refractivity (Wildman–Crippen MR) is 87.9 cm³/mol. The van der Waals surface area contributed by atoms with Crippen LogP contribution in [-0.4, -0.2) is 54.5 Å². The summed E-state index contributed by atoms with van der Waals surface area (Å²) in [4.78, 5) is 27.2. The minimum atomic E-state index is -0.545. The molecule has 0 aliphatic carbocycles. The third-order valence-corrected chi connectivity index (χ3v) is 3.58. The third kappa shape index (κ3) is 4.79. The van der Waals surface area contributed by atoms with Crippen molar-refractivity contribution < 1.29 is 14.0 Å². The number of urea groups is 1. The maximum atomic E-state index is 13.6. The first kappa shape index (κ1) is 17.0. The molecular weight excluding hydrogens is 299 g/mol. The minimum Gasteiger partial charge on any atom is -0.324 e. The van der Waals surface area contributed by atoms with Gasteiger partial charge in [-0.1, -0.05) is 6.08 Å². The molecule has 1 aromatic carbocycles. The molecule has 0 atom stereocenters. The third-order valence-electron chi connectivity index (χ3n) is 3.58. The van der Waals surface area contributed by atoms with Gasteiger partial charge in [-0.25, -0.2) is 9.18 Å².